The van der Waals surface area contributed by atoms with Crippen LogP contribution in [0.4, 0.5) is 0 Å². The maximum Gasteiger partial charge on any atom is 0.140 e. The number of ether oxygens (including phenoxy) is 1. The first-order valence-corrected chi connectivity index (χ1v) is 7.15. The lowest BCUT2D eigenvalue weighted by Crippen LogP contribution is -2.11. The normalized spacial score (nSPS) is 11.8. The van der Waals surface area contributed by atoms with Crippen LogP contribution in [0.3, 0.4) is 0 Å². The average Bonchev–Trinajstić information content (AvgIpc) is 2.87. The van der Waals surface area contributed by atoms with E-state index in [0.717, 1.165) is 22.7 Å². The number of aromatic nitrogens is 2. The van der Waals surface area contributed by atoms with E-state index in [1.54, 1.807) is 6.20 Å². The molecular weight excluding hydrogens is 260 g/mol. The Labute approximate surface area is 125 Å². The molecule has 108 valence electrons. The highest BCUT2D eigenvalue weighted by molar-refractivity contribution is 5.47. The van der Waals surface area contributed by atoms with Crippen molar-refractivity contribution >= 4 is 5.65 Å². The minimum Gasteiger partial charge on any atom is -0.457 e. The predicted octanol–water partition coefficient (Wildman–Crippen LogP) is 4.73. The molecule has 0 radical (unpaired) electrons. The van der Waals surface area contributed by atoms with Gasteiger partial charge in [-0.1, -0.05) is 32.9 Å². The van der Waals surface area contributed by atoms with Gasteiger partial charge in [0.15, 0.2) is 0 Å². The van der Waals surface area contributed by atoms with Gasteiger partial charge in [-0.05, 0) is 35.6 Å². The lowest BCUT2D eigenvalue weighted by Gasteiger charge is -2.20. The Kier molecular flexibility index (Phi) is 3.20. The zero-order chi connectivity index (χ0) is 15.0. The number of aryl methyl sites for hydroxylation is 1. The molecule has 0 bridgehead atoms. The standard InChI is InChI=1S/C18H20N2O/c1-13-11-14(18(2,3)4)5-6-16(13)21-15-7-9-20-10-8-19-17(20)12-15/h5-12H,1-4H3. The molecule has 0 fully saturated rings. The maximum atomic E-state index is 6.00. The third kappa shape index (κ3) is 2.77. The Morgan fingerprint density at radius 2 is 1.86 bits per heavy atom. The van der Waals surface area contributed by atoms with Crippen LogP contribution in [0.2, 0.25) is 0 Å². The maximum absolute atomic E-state index is 6.00. The molecule has 0 aliphatic carbocycles. The number of rotatable bonds is 2. The summed E-state index contributed by atoms with van der Waals surface area (Å²) in [6, 6.07) is 10.3. The number of pyridine rings is 1. The fourth-order valence-electron chi connectivity index (χ4n) is 2.31. The summed E-state index contributed by atoms with van der Waals surface area (Å²) in [5, 5.41) is 0. The largest absolute Gasteiger partial charge is 0.457 e. The fourth-order valence-corrected chi connectivity index (χ4v) is 2.31. The molecular formula is C18H20N2O. The van der Waals surface area contributed by atoms with Crippen LogP contribution in [0.15, 0.2) is 48.9 Å². The van der Waals surface area contributed by atoms with E-state index in [4.69, 9.17) is 4.74 Å². The summed E-state index contributed by atoms with van der Waals surface area (Å²) < 4.78 is 7.96. The van der Waals surface area contributed by atoms with Crippen molar-refractivity contribution in [3.05, 3.63) is 60.0 Å². The summed E-state index contributed by atoms with van der Waals surface area (Å²) in [6.45, 7) is 8.73. The minimum atomic E-state index is 0.151. The molecule has 0 atom stereocenters. The van der Waals surface area contributed by atoms with E-state index in [-0.39, 0.29) is 5.41 Å². The summed E-state index contributed by atoms with van der Waals surface area (Å²) in [5.74, 6) is 1.69. The van der Waals surface area contributed by atoms with Gasteiger partial charge in [-0.15, -0.1) is 0 Å². The zero-order valence-corrected chi connectivity index (χ0v) is 12.9. The summed E-state index contributed by atoms with van der Waals surface area (Å²) >= 11 is 0. The van der Waals surface area contributed by atoms with Gasteiger partial charge in [-0.3, -0.25) is 0 Å². The van der Waals surface area contributed by atoms with Crippen molar-refractivity contribution in [3.8, 4) is 11.5 Å². The first-order valence-electron chi connectivity index (χ1n) is 7.15. The topological polar surface area (TPSA) is 26.5 Å². The second-order valence-electron chi connectivity index (χ2n) is 6.39. The second-order valence-corrected chi connectivity index (χ2v) is 6.39. The Morgan fingerprint density at radius 3 is 2.57 bits per heavy atom. The number of benzene rings is 1. The molecule has 1 aromatic carbocycles. The lowest BCUT2D eigenvalue weighted by molar-refractivity contribution is 0.477. The van der Waals surface area contributed by atoms with E-state index in [1.165, 1.54) is 5.56 Å². The molecule has 0 N–H and O–H groups in total. The van der Waals surface area contributed by atoms with Crippen LogP contribution < -0.4 is 4.74 Å². The number of hydrogen-bond acceptors (Lipinski definition) is 2. The van der Waals surface area contributed by atoms with Crippen molar-refractivity contribution in [1.82, 2.24) is 9.38 Å². The molecule has 0 aliphatic heterocycles. The molecule has 0 amide bonds. The first-order chi connectivity index (χ1) is 9.93. The second kappa shape index (κ2) is 4.92. The van der Waals surface area contributed by atoms with E-state index in [1.807, 2.05) is 35.0 Å². The highest BCUT2D eigenvalue weighted by Crippen LogP contribution is 2.30. The summed E-state index contributed by atoms with van der Waals surface area (Å²) in [5.41, 5.74) is 3.50. The van der Waals surface area contributed by atoms with Crippen LogP contribution in [-0.4, -0.2) is 9.38 Å². The molecule has 2 heterocycles. The van der Waals surface area contributed by atoms with Crippen molar-refractivity contribution in [3.63, 3.8) is 0 Å². The summed E-state index contributed by atoms with van der Waals surface area (Å²) in [7, 11) is 0. The molecule has 2 aromatic heterocycles. The molecule has 3 rings (SSSR count). The van der Waals surface area contributed by atoms with E-state index in [0.29, 0.717) is 0 Å². The van der Waals surface area contributed by atoms with Gasteiger partial charge in [0, 0.05) is 24.7 Å². The quantitative estimate of drug-likeness (QED) is 0.678. The van der Waals surface area contributed by atoms with Crippen LogP contribution in [0.5, 0.6) is 11.5 Å². The van der Waals surface area contributed by atoms with E-state index in [2.05, 4.69) is 44.8 Å². The van der Waals surface area contributed by atoms with Gasteiger partial charge in [0.1, 0.15) is 17.1 Å². The fraction of sp³-hybridized carbons (Fsp3) is 0.278. The van der Waals surface area contributed by atoms with Gasteiger partial charge in [-0.25, -0.2) is 4.98 Å². The average molecular weight is 280 g/mol. The molecule has 0 saturated heterocycles. The monoisotopic (exact) mass is 280 g/mol. The van der Waals surface area contributed by atoms with Crippen LogP contribution in [-0.2, 0) is 5.41 Å². The van der Waals surface area contributed by atoms with Crippen molar-refractivity contribution in [2.24, 2.45) is 0 Å². The third-order valence-corrected chi connectivity index (χ3v) is 3.64. The zero-order valence-electron chi connectivity index (χ0n) is 12.9. The van der Waals surface area contributed by atoms with Crippen LogP contribution in [0, 0.1) is 6.92 Å². The molecule has 21 heavy (non-hydrogen) atoms. The van der Waals surface area contributed by atoms with Crippen molar-refractivity contribution < 1.29 is 4.74 Å². The molecule has 0 saturated carbocycles. The summed E-state index contributed by atoms with van der Waals surface area (Å²) in [6.07, 6.45) is 5.65. The van der Waals surface area contributed by atoms with E-state index >= 15 is 0 Å². The van der Waals surface area contributed by atoms with Crippen molar-refractivity contribution in [2.45, 2.75) is 33.1 Å². The molecule has 0 aliphatic rings. The van der Waals surface area contributed by atoms with Crippen LogP contribution in [0.1, 0.15) is 31.9 Å². The van der Waals surface area contributed by atoms with E-state index < -0.39 is 0 Å². The molecule has 3 nitrogen and oxygen atoms in total. The van der Waals surface area contributed by atoms with Gasteiger partial charge in [0.05, 0.1) is 0 Å². The minimum absolute atomic E-state index is 0.151. The van der Waals surface area contributed by atoms with Gasteiger partial charge < -0.3 is 9.14 Å². The molecule has 3 aromatic rings. The lowest BCUT2D eigenvalue weighted by atomic mass is 9.86. The molecule has 3 heteroatoms. The Balaban J connectivity index is 1.90. The van der Waals surface area contributed by atoms with Gasteiger partial charge >= 0.3 is 0 Å². The van der Waals surface area contributed by atoms with Crippen molar-refractivity contribution in [2.75, 3.05) is 0 Å². The van der Waals surface area contributed by atoms with Gasteiger partial charge in [0.25, 0.3) is 0 Å². The third-order valence-electron chi connectivity index (χ3n) is 3.64. The predicted molar refractivity (Wildman–Crippen MR) is 85.1 cm³/mol. The van der Waals surface area contributed by atoms with Crippen molar-refractivity contribution in [1.29, 1.82) is 0 Å². The van der Waals surface area contributed by atoms with Gasteiger partial charge in [0.2, 0.25) is 0 Å². The number of hydrogen-bond donors (Lipinski definition) is 0. The number of fused-ring (bicyclic) bond motifs is 1. The number of nitrogens with zero attached hydrogens (tertiary/aromatic N) is 2. The smallest absolute Gasteiger partial charge is 0.140 e. The first kappa shape index (κ1) is 13.7. The Bertz CT molecular complexity index is 781. The van der Waals surface area contributed by atoms with Crippen LogP contribution >= 0.6 is 0 Å². The highest BCUT2D eigenvalue weighted by Gasteiger charge is 2.15. The highest BCUT2D eigenvalue weighted by atomic mass is 16.5. The van der Waals surface area contributed by atoms with Crippen LogP contribution in [0.25, 0.3) is 5.65 Å². The molecule has 0 spiro atoms. The Morgan fingerprint density at radius 1 is 1.05 bits per heavy atom. The van der Waals surface area contributed by atoms with Gasteiger partial charge in [-0.2, -0.15) is 0 Å². The number of imidazole rings is 1. The Hall–Kier alpha value is -2.29. The van der Waals surface area contributed by atoms with E-state index in [9.17, 15) is 0 Å². The summed E-state index contributed by atoms with van der Waals surface area (Å²) in [4.78, 5) is 4.27. The molecule has 0 unspecified atom stereocenters. The SMILES string of the molecule is Cc1cc(C(C)(C)C)ccc1Oc1ccn2ccnc2c1.